The van der Waals surface area contributed by atoms with Crippen molar-refractivity contribution in [1.29, 1.82) is 0 Å². The van der Waals surface area contributed by atoms with Crippen molar-refractivity contribution in [3.05, 3.63) is 18.2 Å². The molecule has 0 atom stereocenters. The molecule has 0 aliphatic heterocycles. The molecule has 1 aromatic carbocycles. The Balaban J connectivity index is 0. The average Bonchev–Trinajstić information content (AvgIpc) is 2.41. The molecule has 0 spiro atoms. The Morgan fingerprint density at radius 2 is 1.64 bits per heavy atom. The van der Waals surface area contributed by atoms with Crippen LogP contribution in [-0.4, -0.2) is 81.1 Å². The number of anilines is 1. The third-order valence-corrected chi connectivity index (χ3v) is 3.72. The van der Waals surface area contributed by atoms with Crippen LogP contribution in [0.4, 0.5) is 5.69 Å². The number of hydrogen-bond acceptors (Lipinski definition) is 5. The molecule has 124 valence electrons. The van der Waals surface area contributed by atoms with E-state index in [1.807, 2.05) is 24.0 Å². The third-order valence-electron chi connectivity index (χ3n) is 2.91. The van der Waals surface area contributed by atoms with Crippen molar-refractivity contribution >= 4 is 45.4 Å². The van der Waals surface area contributed by atoms with Crippen LogP contribution >= 0.6 is 0 Å². The van der Waals surface area contributed by atoms with E-state index in [1.54, 1.807) is 20.3 Å². The summed E-state index contributed by atoms with van der Waals surface area (Å²) in [4.78, 5) is 2.00. The first-order valence-electron chi connectivity index (χ1n) is 6.32. The molecule has 7 nitrogen and oxygen atoms in total. The summed E-state index contributed by atoms with van der Waals surface area (Å²) in [6.07, 6.45) is 0.353. The van der Waals surface area contributed by atoms with Gasteiger partial charge in [0.05, 0.1) is 20.0 Å². The summed E-state index contributed by atoms with van der Waals surface area (Å²) in [5, 5.41) is 0. The Hall–Kier alpha value is -0.510. The zero-order valence-electron chi connectivity index (χ0n) is 12.5. The van der Waals surface area contributed by atoms with E-state index < -0.39 is 10.1 Å². The maximum absolute atomic E-state index is 10.7. The molecule has 0 bridgehead atoms. The van der Waals surface area contributed by atoms with Crippen molar-refractivity contribution in [3.8, 4) is 11.5 Å². The first-order chi connectivity index (χ1) is 9.39. The third kappa shape index (κ3) is 8.21. The zero-order chi connectivity index (χ0) is 15.2. The molecule has 0 aliphatic rings. The molecule has 0 aliphatic carbocycles. The van der Waals surface area contributed by atoms with E-state index in [9.17, 15) is 8.42 Å². The monoisotopic (exact) mass is 345 g/mol. The van der Waals surface area contributed by atoms with Gasteiger partial charge in [0.15, 0.2) is 0 Å². The van der Waals surface area contributed by atoms with Crippen LogP contribution in [0.25, 0.3) is 0 Å². The second kappa shape index (κ2) is 11.1. The molecule has 0 aromatic heterocycles. The number of rotatable bonds is 8. The van der Waals surface area contributed by atoms with Crippen molar-refractivity contribution in [3.63, 3.8) is 0 Å². The second-order valence-electron chi connectivity index (χ2n) is 4.29. The molecular formula is C13H24NNaO6S. The standard InChI is InChI=1S/C13H21NO5S.Na.H2O.H/c1-4-14(6-5-7-20(15,16)17)11-8-12(18-2)10-13(9-11)19-3;;;/h8-10H,4-7H2,1-3H3,(H,15,16,17);;1H2;. The Morgan fingerprint density at radius 1 is 1.14 bits per heavy atom. The molecular weight excluding hydrogens is 321 g/mol. The number of ether oxygens (including phenoxy) is 2. The Kier molecular flexibility index (Phi) is 12.0. The van der Waals surface area contributed by atoms with Crippen molar-refractivity contribution < 1.29 is 27.9 Å². The van der Waals surface area contributed by atoms with Crippen LogP contribution in [0.1, 0.15) is 13.3 Å². The number of hydrogen-bond donors (Lipinski definition) is 1. The summed E-state index contributed by atoms with van der Waals surface area (Å²) in [6.45, 7) is 3.20. The van der Waals surface area contributed by atoms with Gasteiger partial charge < -0.3 is 19.8 Å². The van der Waals surface area contributed by atoms with E-state index >= 15 is 0 Å². The van der Waals surface area contributed by atoms with Gasteiger partial charge in [-0.05, 0) is 13.3 Å². The van der Waals surface area contributed by atoms with Gasteiger partial charge in [0.1, 0.15) is 11.5 Å². The number of benzene rings is 1. The molecule has 0 radical (unpaired) electrons. The van der Waals surface area contributed by atoms with Crippen LogP contribution in [0.2, 0.25) is 0 Å². The van der Waals surface area contributed by atoms with Crippen LogP contribution < -0.4 is 14.4 Å². The minimum atomic E-state index is -3.91. The van der Waals surface area contributed by atoms with E-state index in [0.717, 1.165) is 5.69 Å². The van der Waals surface area contributed by atoms with Crippen LogP contribution in [0, 0.1) is 0 Å². The summed E-state index contributed by atoms with van der Waals surface area (Å²) in [5.74, 6) is 1.10. The summed E-state index contributed by atoms with van der Waals surface area (Å²) in [6, 6.07) is 5.49. The Morgan fingerprint density at radius 3 is 2.00 bits per heavy atom. The molecule has 0 saturated carbocycles. The molecule has 0 heterocycles. The maximum atomic E-state index is 10.7. The first kappa shape index (κ1) is 23.8. The SMILES string of the molecule is CCN(CCCS(=O)(=O)O)c1cc(OC)cc(OC)c1.O.[NaH]. The topological polar surface area (TPSA) is 108 Å². The fourth-order valence-corrected chi connectivity index (χ4v) is 2.38. The fourth-order valence-electron chi connectivity index (χ4n) is 1.88. The van der Waals surface area contributed by atoms with Crippen molar-refractivity contribution in [2.24, 2.45) is 0 Å². The fraction of sp³-hybridized carbons (Fsp3) is 0.538. The Bertz CT molecular complexity index is 515. The van der Waals surface area contributed by atoms with Gasteiger partial charge in [0, 0.05) is 37.0 Å². The molecule has 1 rings (SSSR count). The van der Waals surface area contributed by atoms with E-state index in [-0.39, 0.29) is 40.8 Å². The summed E-state index contributed by atoms with van der Waals surface area (Å²) < 4.78 is 40.6. The van der Waals surface area contributed by atoms with Crippen molar-refractivity contribution in [2.75, 3.05) is 38.0 Å². The molecule has 9 heteroatoms. The van der Waals surface area contributed by atoms with Crippen LogP contribution in [-0.2, 0) is 10.1 Å². The summed E-state index contributed by atoms with van der Waals surface area (Å²) in [5.41, 5.74) is 0.888. The summed E-state index contributed by atoms with van der Waals surface area (Å²) >= 11 is 0. The van der Waals surface area contributed by atoms with Gasteiger partial charge in [-0.15, -0.1) is 0 Å². The van der Waals surface area contributed by atoms with Crippen LogP contribution in [0.3, 0.4) is 0 Å². The number of methoxy groups -OCH3 is 2. The second-order valence-corrected chi connectivity index (χ2v) is 5.86. The number of nitrogens with zero attached hydrogens (tertiary/aromatic N) is 1. The molecule has 0 unspecified atom stereocenters. The molecule has 22 heavy (non-hydrogen) atoms. The Labute approximate surface area is 153 Å². The van der Waals surface area contributed by atoms with E-state index in [2.05, 4.69) is 0 Å². The quantitative estimate of drug-likeness (QED) is 0.537. The van der Waals surface area contributed by atoms with E-state index in [4.69, 9.17) is 14.0 Å². The van der Waals surface area contributed by atoms with Gasteiger partial charge in [0.2, 0.25) is 0 Å². The normalized spacial score (nSPS) is 10.2. The molecule has 0 saturated heterocycles. The van der Waals surface area contributed by atoms with Gasteiger partial charge in [-0.3, -0.25) is 4.55 Å². The van der Waals surface area contributed by atoms with Gasteiger partial charge in [0.25, 0.3) is 10.1 Å². The molecule has 0 amide bonds. The minimum absolute atomic E-state index is 0. The molecule has 3 N–H and O–H groups in total. The van der Waals surface area contributed by atoms with E-state index in [0.29, 0.717) is 31.0 Å². The summed E-state index contributed by atoms with van der Waals surface area (Å²) in [7, 11) is -0.759. The van der Waals surface area contributed by atoms with Crippen LogP contribution in [0.5, 0.6) is 11.5 Å². The predicted octanol–water partition coefficient (Wildman–Crippen LogP) is 0.335. The average molecular weight is 345 g/mol. The van der Waals surface area contributed by atoms with Gasteiger partial charge >= 0.3 is 29.6 Å². The first-order valence-corrected chi connectivity index (χ1v) is 7.93. The molecule has 1 aromatic rings. The van der Waals surface area contributed by atoms with Gasteiger partial charge in [-0.1, -0.05) is 0 Å². The van der Waals surface area contributed by atoms with Crippen LogP contribution in [0.15, 0.2) is 18.2 Å². The van der Waals surface area contributed by atoms with Gasteiger partial charge in [-0.2, -0.15) is 8.42 Å². The zero-order valence-corrected chi connectivity index (χ0v) is 13.3. The van der Waals surface area contributed by atoms with Gasteiger partial charge in [-0.25, -0.2) is 0 Å². The van der Waals surface area contributed by atoms with Crippen molar-refractivity contribution in [2.45, 2.75) is 13.3 Å². The molecule has 0 fully saturated rings. The van der Waals surface area contributed by atoms with E-state index in [1.165, 1.54) is 0 Å². The predicted molar refractivity (Wildman–Crippen MR) is 89.2 cm³/mol. The van der Waals surface area contributed by atoms with Crippen molar-refractivity contribution in [1.82, 2.24) is 0 Å².